The molecule has 21 heavy (non-hydrogen) atoms. The number of nitrogens with zero attached hydrogens (tertiary/aromatic N) is 1. The molecule has 0 aliphatic carbocycles. The number of benzene rings is 1. The Morgan fingerprint density at radius 1 is 1.29 bits per heavy atom. The zero-order chi connectivity index (χ0) is 15.2. The average Bonchev–Trinajstić information content (AvgIpc) is 2.48. The molecular weight excluding hydrogens is 328 g/mol. The molecule has 1 N–H and O–H groups in total. The Morgan fingerprint density at radius 2 is 2.10 bits per heavy atom. The fourth-order valence-corrected chi connectivity index (χ4v) is 2.77. The Bertz CT molecular complexity index is 584. The second kappa shape index (κ2) is 7.57. The molecular formula is C17H21BrN2O. The summed E-state index contributed by atoms with van der Waals surface area (Å²) in [6.07, 6.45) is 2.81. The third-order valence-corrected chi connectivity index (χ3v) is 3.95. The summed E-state index contributed by atoms with van der Waals surface area (Å²) in [5, 5.41) is 3.53. The Labute approximate surface area is 134 Å². The molecule has 1 aromatic heterocycles. The first-order chi connectivity index (χ1) is 10.1. The summed E-state index contributed by atoms with van der Waals surface area (Å²) in [6.45, 7) is 5.03. The van der Waals surface area contributed by atoms with Crippen LogP contribution in [0.3, 0.4) is 0 Å². The third-order valence-electron chi connectivity index (χ3n) is 3.45. The molecule has 1 unspecified atom stereocenters. The van der Waals surface area contributed by atoms with Gasteiger partial charge in [-0.15, -0.1) is 0 Å². The molecule has 0 fully saturated rings. The van der Waals surface area contributed by atoms with Crippen molar-refractivity contribution < 1.29 is 4.74 Å². The van der Waals surface area contributed by atoms with E-state index in [0.717, 1.165) is 28.9 Å². The fourth-order valence-electron chi connectivity index (χ4n) is 2.37. The van der Waals surface area contributed by atoms with Crippen LogP contribution in [0.2, 0.25) is 0 Å². The molecule has 112 valence electrons. The molecule has 4 heteroatoms. The maximum absolute atomic E-state index is 5.47. The van der Waals surface area contributed by atoms with Gasteiger partial charge in [0.15, 0.2) is 0 Å². The summed E-state index contributed by atoms with van der Waals surface area (Å²) in [6, 6.07) is 10.5. The number of nitrogens with one attached hydrogen (secondary N) is 1. The van der Waals surface area contributed by atoms with Gasteiger partial charge in [-0.05, 0) is 55.3 Å². The van der Waals surface area contributed by atoms with Crippen LogP contribution in [0, 0.1) is 6.92 Å². The number of aromatic nitrogens is 1. The summed E-state index contributed by atoms with van der Waals surface area (Å²) in [5.74, 6) is 0.918. The molecule has 1 atom stereocenters. The molecule has 0 amide bonds. The minimum absolute atomic E-state index is 0.228. The highest BCUT2D eigenvalue weighted by Crippen LogP contribution is 2.28. The van der Waals surface area contributed by atoms with Crippen LogP contribution in [0.15, 0.2) is 41.0 Å². The van der Waals surface area contributed by atoms with Crippen molar-refractivity contribution in [3.05, 3.63) is 57.8 Å². The number of halogens is 1. The molecule has 2 aromatic rings. The van der Waals surface area contributed by atoms with Crippen molar-refractivity contribution in [2.24, 2.45) is 0 Å². The molecule has 2 rings (SSSR count). The van der Waals surface area contributed by atoms with Gasteiger partial charge in [0.25, 0.3) is 0 Å². The molecule has 1 heterocycles. The molecule has 3 nitrogen and oxygen atoms in total. The van der Waals surface area contributed by atoms with Crippen molar-refractivity contribution in [3.63, 3.8) is 0 Å². The number of ether oxygens (including phenoxy) is 1. The number of aryl methyl sites for hydroxylation is 1. The highest BCUT2D eigenvalue weighted by molar-refractivity contribution is 9.10. The van der Waals surface area contributed by atoms with Gasteiger partial charge in [-0.1, -0.05) is 28.9 Å². The molecule has 0 radical (unpaired) electrons. The van der Waals surface area contributed by atoms with Crippen LogP contribution < -0.4 is 10.1 Å². The van der Waals surface area contributed by atoms with Crippen molar-refractivity contribution in [2.45, 2.75) is 26.3 Å². The topological polar surface area (TPSA) is 34.1 Å². The summed E-state index contributed by atoms with van der Waals surface area (Å²) < 4.78 is 6.54. The Hall–Kier alpha value is -1.39. The van der Waals surface area contributed by atoms with Crippen molar-refractivity contribution in [2.75, 3.05) is 13.7 Å². The van der Waals surface area contributed by atoms with E-state index in [2.05, 4.69) is 51.4 Å². The number of hydrogen-bond donors (Lipinski definition) is 1. The predicted octanol–water partition coefficient (Wildman–Crippen LogP) is 4.05. The van der Waals surface area contributed by atoms with Crippen molar-refractivity contribution in [3.8, 4) is 5.75 Å². The van der Waals surface area contributed by atoms with Gasteiger partial charge in [0.2, 0.25) is 0 Å². The van der Waals surface area contributed by atoms with Gasteiger partial charge in [-0.3, -0.25) is 4.98 Å². The maximum Gasteiger partial charge on any atom is 0.122 e. The van der Waals surface area contributed by atoms with E-state index in [-0.39, 0.29) is 6.04 Å². The van der Waals surface area contributed by atoms with Gasteiger partial charge in [0.1, 0.15) is 5.75 Å². The van der Waals surface area contributed by atoms with Crippen LogP contribution in [-0.4, -0.2) is 18.6 Å². The maximum atomic E-state index is 5.47. The first-order valence-electron chi connectivity index (χ1n) is 7.12. The first kappa shape index (κ1) is 16.0. The largest absolute Gasteiger partial charge is 0.496 e. The van der Waals surface area contributed by atoms with Gasteiger partial charge in [-0.25, -0.2) is 0 Å². The highest BCUT2D eigenvalue weighted by atomic mass is 79.9. The lowest BCUT2D eigenvalue weighted by molar-refractivity contribution is 0.405. The minimum atomic E-state index is 0.228. The van der Waals surface area contributed by atoms with Crippen molar-refractivity contribution >= 4 is 15.9 Å². The summed E-state index contributed by atoms with van der Waals surface area (Å²) >= 11 is 3.53. The van der Waals surface area contributed by atoms with Crippen LogP contribution in [0.1, 0.15) is 29.8 Å². The van der Waals surface area contributed by atoms with Gasteiger partial charge < -0.3 is 10.1 Å². The number of hydrogen-bond acceptors (Lipinski definition) is 3. The SMILES string of the molecule is CCNC(Cc1cc(Br)ccc1OC)c1ccc(C)nc1. The molecule has 0 aliphatic heterocycles. The van der Waals surface area contributed by atoms with Crippen LogP contribution >= 0.6 is 15.9 Å². The average molecular weight is 349 g/mol. The molecule has 0 aliphatic rings. The number of methoxy groups -OCH3 is 1. The Morgan fingerprint density at radius 3 is 2.71 bits per heavy atom. The minimum Gasteiger partial charge on any atom is -0.496 e. The van der Waals surface area contributed by atoms with E-state index in [1.54, 1.807) is 7.11 Å². The number of rotatable bonds is 6. The summed E-state index contributed by atoms with van der Waals surface area (Å²) in [4.78, 5) is 4.40. The van der Waals surface area contributed by atoms with E-state index in [1.807, 2.05) is 25.3 Å². The van der Waals surface area contributed by atoms with Gasteiger partial charge in [-0.2, -0.15) is 0 Å². The zero-order valence-electron chi connectivity index (χ0n) is 12.7. The van der Waals surface area contributed by atoms with E-state index < -0.39 is 0 Å². The Kier molecular flexibility index (Phi) is 5.76. The lowest BCUT2D eigenvalue weighted by Gasteiger charge is -2.20. The van der Waals surface area contributed by atoms with E-state index >= 15 is 0 Å². The monoisotopic (exact) mass is 348 g/mol. The Balaban J connectivity index is 2.27. The lowest BCUT2D eigenvalue weighted by atomic mass is 9.99. The second-order valence-electron chi connectivity index (χ2n) is 5.00. The van der Waals surface area contributed by atoms with Crippen molar-refractivity contribution in [1.82, 2.24) is 10.3 Å². The normalized spacial score (nSPS) is 12.2. The molecule has 0 spiro atoms. The van der Waals surface area contributed by atoms with Gasteiger partial charge in [0.05, 0.1) is 7.11 Å². The van der Waals surface area contributed by atoms with E-state index in [9.17, 15) is 0 Å². The van der Waals surface area contributed by atoms with E-state index in [4.69, 9.17) is 4.74 Å². The number of likely N-dealkylation sites (N-methyl/N-ethyl adjacent to an activating group) is 1. The van der Waals surface area contributed by atoms with E-state index in [0.29, 0.717) is 0 Å². The van der Waals surface area contributed by atoms with Crippen LogP contribution in [0.25, 0.3) is 0 Å². The van der Waals surface area contributed by atoms with Crippen LogP contribution in [0.5, 0.6) is 5.75 Å². The standard InChI is InChI=1S/C17H21BrN2O/c1-4-19-16(13-6-5-12(2)20-11-13)10-14-9-15(18)7-8-17(14)21-3/h5-9,11,16,19H,4,10H2,1-3H3. The molecule has 0 bridgehead atoms. The lowest BCUT2D eigenvalue weighted by Crippen LogP contribution is -2.23. The molecule has 0 saturated carbocycles. The summed E-state index contributed by atoms with van der Waals surface area (Å²) in [7, 11) is 1.71. The predicted molar refractivity (Wildman–Crippen MR) is 89.8 cm³/mol. The van der Waals surface area contributed by atoms with Crippen LogP contribution in [0.4, 0.5) is 0 Å². The smallest absolute Gasteiger partial charge is 0.122 e. The van der Waals surface area contributed by atoms with Gasteiger partial charge >= 0.3 is 0 Å². The molecule has 0 saturated heterocycles. The first-order valence-corrected chi connectivity index (χ1v) is 7.91. The zero-order valence-corrected chi connectivity index (χ0v) is 14.3. The third kappa shape index (κ3) is 4.29. The highest BCUT2D eigenvalue weighted by Gasteiger charge is 2.14. The van der Waals surface area contributed by atoms with E-state index in [1.165, 1.54) is 11.1 Å². The van der Waals surface area contributed by atoms with Crippen molar-refractivity contribution in [1.29, 1.82) is 0 Å². The van der Waals surface area contributed by atoms with Gasteiger partial charge in [0, 0.05) is 22.4 Å². The fraction of sp³-hybridized carbons (Fsp3) is 0.353. The summed E-state index contributed by atoms with van der Waals surface area (Å²) in [5.41, 5.74) is 3.41. The second-order valence-corrected chi connectivity index (χ2v) is 5.92. The van der Waals surface area contributed by atoms with Crippen LogP contribution in [-0.2, 0) is 6.42 Å². The quantitative estimate of drug-likeness (QED) is 0.854. The molecule has 1 aromatic carbocycles. The number of pyridine rings is 1.